The molecule has 15 heavy (non-hydrogen) atoms. The second-order valence-electron chi connectivity index (χ2n) is 3.35. The molecule has 0 aliphatic carbocycles. The second-order valence-corrected chi connectivity index (χ2v) is 4.34. The third kappa shape index (κ3) is 3.55. The first-order chi connectivity index (χ1) is 7.02. The summed E-state index contributed by atoms with van der Waals surface area (Å²) < 4.78 is 0. The first kappa shape index (κ1) is 12.6. The Kier molecular flexibility index (Phi) is 4.69. The number of thiol groups is 1. The summed E-state index contributed by atoms with van der Waals surface area (Å²) in [6, 6.07) is 0. The molecule has 5 nitrogen and oxygen atoms in total. The Bertz CT molecular complexity index is 256. The molecule has 3 N–H and O–H groups in total. The summed E-state index contributed by atoms with van der Waals surface area (Å²) in [5, 5.41) is 1.33. The van der Waals surface area contributed by atoms with Gasteiger partial charge in [0.2, 0.25) is 5.91 Å². The number of nitrogens with zero attached hydrogens (tertiary/aromatic N) is 1. The minimum absolute atomic E-state index is 0.281. The Morgan fingerprint density at radius 1 is 1.40 bits per heavy atom. The molecule has 0 aromatic carbocycles. The van der Waals surface area contributed by atoms with E-state index < -0.39 is 16.8 Å². The van der Waals surface area contributed by atoms with Gasteiger partial charge < -0.3 is 16.0 Å². The molecule has 1 aliphatic heterocycles. The van der Waals surface area contributed by atoms with Gasteiger partial charge in [0.1, 0.15) is 5.37 Å². The highest BCUT2D eigenvalue weighted by atomic mass is 35.5. The van der Waals surface area contributed by atoms with Crippen molar-refractivity contribution in [2.24, 2.45) is 5.73 Å². The fraction of sp³-hybridized carbons (Fsp3) is 0.750. The Morgan fingerprint density at radius 2 is 1.93 bits per heavy atom. The molecule has 0 spiro atoms. The van der Waals surface area contributed by atoms with Crippen LogP contribution in [-0.4, -0.2) is 40.7 Å². The average molecular weight is 252 g/mol. The summed E-state index contributed by atoms with van der Waals surface area (Å²) in [4.78, 5) is 24.3. The molecular weight excluding hydrogens is 238 g/mol. The van der Waals surface area contributed by atoms with Crippen LogP contribution in [0.4, 0.5) is 0 Å². The Labute approximate surface area is 98.7 Å². The van der Waals surface area contributed by atoms with E-state index in [0.29, 0.717) is 13.1 Å². The summed E-state index contributed by atoms with van der Waals surface area (Å²) in [6.07, 6.45) is 1.96. The predicted octanol–water partition coefficient (Wildman–Crippen LogP) is -0.496. The maximum absolute atomic E-state index is 11.6. The number of nitrogens with one attached hydrogen (secondary N) is 1. The zero-order valence-corrected chi connectivity index (χ0v) is 9.80. The van der Waals surface area contributed by atoms with Gasteiger partial charge in [-0.25, -0.2) is 0 Å². The van der Waals surface area contributed by atoms with E-state index >= 15 is 0 Å². The molecule has 1 saturated heterocycles. The quantitative estimate of drug-likeness (QED) is 0.274. The maximum atomic E-state index is 11.6. The van der Waals surface area contributed by atoms with Crippen LogP contribution in [0.5, 0.6) is 0 Å². The number of likely N-dealkylation sites (tertiary alicyclic amines) is 1. The number of rotatable bonds is 3. The van der Waals surface area contributed by atoms with Gasteiger partial charge in [-0.3, -0.25) is 9.59 Å². The van der Waals surface area contributed by atoms with E-state index in [-0.39, 0.29) is 5.91 Å². The van der Waals surface area contributed by atoms with E-state index in [1.165, 1.54) is 0 Å². The number of hydrogen-bond acceptors (Lipinski definition) is 4. The summed E-state index contributed by atoms with van der Waals surface area (Å²) in [7, 11) is 0. The van der Waals surface area contributed by atoms with Crippen molar-refractivity contribution in [3.8, 4) is 0 Å². The lowest BCUT2D eigenvalue weighted by Crippen LogP contribution is -2.48. The van der Waals surface area contributed by atoms with Crippen LogP contribution in [0.15, 0.2) is 0 Å². The Balaban J connectivity index is 2.42. The molecule has 0 aromatic rings. The van der Waals surface area contributed by atoms with Gasteiger partial charge in [-0.15, -0.1) is 0 Å². The lowest BCUT2D eigenvalue weighted by molar-refractivity contribution is -0.133. The first-order valence-corrected chi connectivity index (χ1v) is 5.64. The van der Waals surface area contributed by atoms with Gasteiger partial charge >= 0.3 is 0 Å². The molecule has 2 amide bonds. The summed E-state index contributed by atoms with van der Waals surface area (Å²) in [5.41, 5.74) is 4.16. The van der Waals surface area contributed by atoms with Crippen molar-refractivity contribution in [1.82, 2.24) is 10.2 Å². The van der Waals surface area contributed by atoms with E-state index in [1.807, 2.05) is 0 Å². The molecular formula is C8H14ClN3O2S. The fourth-order valence-corrected chi connectivity index (χ4v) is 1.69. The Morgan fingerprint density at radius 3 is 2.40 bits per heavy atom. The minimum Gasteiger partial charge on any atom is -0.340 e. The van der Waals surface area contributed by atoms with Crippen LogP contribution in [0, 0.1) is 0 Å². The highest BCUT2D eigenvalue weighted by Crippen LogP contribution is 2.10. The molecule has 1 aliphatic rings. The van der Waals surface area contributed by atoms with Crippen molar-refractivity contribution in [3.05, 3.63) is 0 Å². The van der Waals surface area contributed by atoms with Gasteiger partial charge in [0.05, 0.1) is 0 Å². The summed E-state index contributed by atoms with van der Waals surface area (Å²) in [6.45, 7) is 1.40. The molecule has 2 atom stereocenters. The van der Waals surface area contributed by atoms with Gasteiger partial charge in [0.15, 0.2) is 5.50 Å². The molecule has 2 unspecified atom stereocenters. The van der Waals surface area contributed by atoms with Crippen LogP contribution in [0.3, 0.4) is 0 Å². The Hall–Kier alpha value is -0.460. The molecule has 1 fully saturated rings. The minimum atomic E-state index is -1.05. The number of carbonyl (C=O) groups is 2. The summed E-state index contributed by atoms with van der Waals surface area (Å²) >= 11 is 9.47. The van der Waals surface area contributed by atoms with Gasteiger partial charge in [-0.2, -0.15) is 12.6 Å². The lowest BCUT2D eigenvalue weighted by Gasteiger charge is -2.20. The van der Waals surface area contributed by atoms with Crippen molar-refractivity contribution in [1.29, 1.82) is 0 Å². The second kappa shape index (κ2) is 5.58. The van der Waals surface area contributed by atoms with Crippen molar-refractivity contribution in [3.63, 3.8) is 0 Å². The van der Waals surface area contributed by atoms with Gasteiger partial charge in [-0.1, -0.05) is 11.6 Å². The summed E-state index contributed by atoms with van der Waals surface area (Å²) in [5.74, 6) is -0.831. The highest BCUT2D eigenvalue weighted by Gasteiger charge is 2.26. The van der Waals surface area contributed by atoms with E-state index in [9.17, 15) is 9.59 Å². The number of alkyl halides is 1. The van der Waals surface area contributed by atoms with Gasteiger partial charge in [-0.05, 0) is 12.8 Å². The smallest absolute Gasteiger partial charge is 0.260 e. The fourth-order valence-electron chi connectivity index (χ4n) is 1.37. The molecule has 0 aromatic heterocycles. The highest BCUT2D eigenvalue weighted by molar-refractivity contribution is 7.81. The third-order valence-electron chi connectivity index (χ3n) is 2.17. The zero-order chi connectivity index (χ0) is 11.4. The predicted molar refractivity (Wildman–Crippen MR) is 60.6 cm³/mol. The standard InChI is InChI=1S/C8H14ClN3O2S/c9-5(11-7(13)6(10)15)8(14)12-3-1-2-4-12/h5-6,15H,1-4,10H2,(H,11,13). The van der Waals surface area contributed by atoms with Crippen molar-refractivity contribution in [2.75, 3.05) is 13.1 Å². The molecule has 86 valence electrons. The average Bonchev–Trinajstić information content (AvgIpc) is 2.68. The first-order valence-electron chi connectivity index (χ1n) is 4.69. The normalized spacial score (nSPS) is 19.8. The number of hydrogen-bond donors (Lipinski definition) is 3. The largest absolute Gasteiger partial charge is 0.340 e. The van der Waals surface area contributed by atoms with Crippen LogP contribution >= 0.6 is 24.2 Å². The van der Waals surface area contributed by atoms with Crippen LogP contribution in [-0.2, 0) is 9.59 Å². The lowest BCUT2D eigenvalue weighted by atomic mass is 10.4. The van der Waals surface area contributed by atoms with Gasteiger partial charge in [0, 0.05) is 13.1 Å². The van der Waals surface area contributed by atoms with Gasteiger partial charge in [0.25, 0.3) is 5.91 Å². The molecule has 7 heteroatoms. The van der Waals surface area contributed by atoms with Crippen molar-refractivity contribution >= 4 is 36.0 Å². The topological polar surface area (TPSA) is 75.4 Å². The molecule has 0 saturated carbocycles. The molecule has 0 bridgehead atoms. The van der Waals surface area contributed by atoms with E-state index in [1.54, 1.807) is 4.90 Å². The SMILES string of the molecule is NC(S)C(=O)NC(Cl)C(=O)N1CCCC1. The number of amides is 2. The zero-order valence-electron chi connectivity index (χ0n) is 8.15. The van der Waals surface area contributed by atoms with Crippen LogP contribution in [0.2, 0.25) is 0 Å². The van der Waals surface area contributed by atoms with Crippen LogP contribution in [0.1, 0.15) is 12.8 Å². The van der Waals surface area contributed by atoms with Crippen LogP contribution in [0.25, 0.3) is 0 Å². The van der Waals surface area contributed by atoms with E-state index in [0.717, 1.165) is 12.8 Å². The number of halogens is 1. The number of carbonyl (C=O) groups excluding carboxylic acids is 2. The van der Waals surface area contributed by atoms with Crippen LogP contribution < -0.4 is 11.1 Å². The number of nitrogens with two attached hydrogens (primary N) is 1. The van der Waals surface area contributed by atoms with E-state index in [4.69, 9.17) is 17.3 Å². The monoisotopic (exact) mass is 251 g/mol. The molecule has 1 rings (SSSR count). The van der Waals surface area contributed by atoms with Crippen molar-refractivity contribution < 1.29 is 9.59 Å². The van der Waals surface area contributed by atoms with E-state index in [2.05, 4.69) is 17.9 Å². The van der Waals surface area contributed by atoms with Crippen molar-refractivity contribution in [2.45, 2.75) is 23.7 Å². The molecule has 0 radical (unpaired) electrons. The molecule has 1 heterocycles. The maximum Gasteiger partial charge on any atom is 0.260 e. The third-order valence-corrected chi connectivity index (χ3v) is 2.70.